The van der Waals surface area contributed by atoms with E-state index in [9.17, 15) is 14.4 Å². The number of hydrogen-bond acceptors (Lipinski definition) is 5. The van der Waals surface area contributed by atoms with Crippen molar-refractivity contribution in [1.82, 2.24) is 16.0 Å². The fourth-order valence-electron chi connectivity index (χ4n) is 2.37. The first kappa shape index (κ1) is 19.8. The lowest BCUT2D eigenvalue weighted by molar-refractivity contribution is -0.142. The summed E-state index contributed by atoms with van der Waals surface area (Å²) in [6.07, 6.45) is 3.78. The zero-order valence-corrected chi connectivity index (χ0v) is 15.1. The Hall–Kier alpha value is -2.54. The molecular formula is C18H22ClN3O4. The van der Waals surface area contributed by atoms with Crippen LogP contribution in [-0.2, 0) is 25.7 Å². The maximum absolute atomic E-state index is 12.3. The molecular weight excluding hydrogens is 358 g/mol. The van der Waals surface area contributed by atoms with Crippen molar-refractivity contribution >= 4 is 29.4 Å². The van der Waals surface area contributed by atoms with E-state index >= 15 is 0 Å². The Labute approximate surface area is 157 Å². The van der Waals surface area contributed by atoms with Gasteiger partial charge in [-0.3, -0.25) is 14.4 Å². The van der Waals surface area contributed by atoms with Crippen LogP contribution in [0.1, 0.15) is 18.4 Å². The SMILES string of the molecule is O=C(CC1C/C=C/NCC(=O)OCCNC1=O)NCc1ccc(Cl)cc1. The van der Waals surface area contributed by atoms with Crippen LogP contribution >= 0.6 is 11.6 Å². The van der Waals surface area contributed by atoms with Crippen molar-refractivity contribution in [2.75, 3.05) is 19.7 Å². The van der Waals surface area contributed by atoms with Gasteiger partial charge in [-0.05, 0) is 30.3 Å². The molecule has 26 heavy (non-hydrogen) atoms. The molecule has 0 aromatic heterocycles. The first-order valence-corrected chi connectivity index (χ1v) is 8.75. The molecule has 3 N–H and O–H groups in total. The van der Waals surface area contributed by atoms with E-state index in [2.05, 4.69) is 16.0 Å². The van der Waals surface area contributed by atoms with E-state index in [1.54, 1.807) is 24.4 Å². The van der Waals surface area contributed by atoms with Gasteiger partial charge in [0.1, 0.15) is 13.2 Å². The third kappa shape index (κ3) is 7.14. The number of carbonyl (C=O) groups excluding carboxylic acids is 3. The van der Waals surface area contributed by atoms with Crippen molar-refractivity contribution in [2.24, 2.45) is 5.92 Å². The van der Waals surface area contributed by atoms with Crippen LogP contribution in [-0.4, -0.2) is 37.5 Å². The van der Waals surface area contributed by atoms with Crippen LogP contribution in [0.4, 0.5) is 0 Å². The Kier molecular flexibility index (Phi) is 7.95. The highest BCUT2D eigenvalue weighted by molar-refractivity contribution is 6.30. The average molecular weight is 380 g/mol. The van der Waals surface area contributed by atoms with E-state index in [0.29, 0.717) is 18.0 Å². The van der Waals surface area contributed by atoms with Crippen molar-refractivity contribution in [2.45, 2.75) is 19.4 Å². The largest absolute Gasteiger partial charge is 0.463 e. The second kappa shape index (κ2) is 10.5. The van der Waals surface area contributed by atoms with E-state index in [1.807, 2.05) is 12.1 Å². The number of carbonyl (C=O) groups is 3. The number of ether oxygens (including phenoxy) is 1. The highest BCUT2D eigenvalue weighted by Crippen LogP contribution is 2.12. The predicted octanol–water partition coefficient (Wildman–Crippen LogP) is 1.13. The first-order valence-electron chi connectivity index (χ1n) is 8.37. The summed E-state index contributed by atoms with van der Waals surface area (Å²) in [7, 11) is 0. The summed E-state index contributed by atoms with van der Waals surface area (Å²) in [5, 5.41) is 8.93. The normalized spacial score (nSPS) is 19.8. The summed E-state index contributed by atoms with van der Waals surface area (Å²) < 4.78 is 4.94. The van der Waals surface area contributed by atoms with Gasteiger partial charge >= 0.3 is 5.97 Å². The van der Waals surface area contributed by atoms with E-state index in [4.69, 9.17) is 16.3 Å². The van der Waals surface area contributed by atoms with Gasteiger partial charge in [-0.15, -0.1) is 0 Å². The maximum atomic E-state index is 12.3. The molecule has 0 bridgehead atoms. The maximum Gasteiger partial charge on any atom is 0.325 e. The van der Waals surface area contributed by atoms with Gasteiger partial charge in [-0.1, -0.05) is 29.8 Å². The molecule has 0 saturated heterocycles. The van der Waals surface area contributed by atoms with Crippen molar-refractivity contribution in [3.05, 3.63) is 47.1 Å². The summed E-state index contributed by atoms with van der Waals surface area (Å²) in [6, 6.07) is 7.18. The van der Waals surface area contributed by atoms with Gasteiger partial charge in [0.05, 0.1) is 12.5 Å². The third-order valence-electron chi connectivity index (χ3n) is 3.77. The minimum atomic E-state index is -0.492. The summed E-state index contributed by atoms with van der Waals surface area (Å²) >= 11 is 5.83. The molecule has 1 heterocycles. The number of amides is 2. The van der Waals surface area contributed by atoms with Crippen LogP contribution in [0.25, 0.3) is 0 Å². The van der Waals surface area contributed by atoms with Gasteiger partial charge in [-0.25, -0.2) is 0 Å². The van der Waals surface area contributed by atoms with Crippen LogP contribution < -0.4 is 16.0 Å². The molecule has 2 rings (SSSR count). The Morgan fingerprint density at radius 2 is 2.04 bits per heavy atom. The van der Waals surface area contributed by atoms with Crippen LogP contribution in [0, 0.1) is 5.92 Å². The smallest absolute Gasteiger partial charge is 0.325 e. The molecule has 1 unspecified atom stereocenters. The molecule has 0 spiro atoms. The fourth-order valence-corrected chi connectivity index (χ4v) is 2.50. The molecule has 0 radical (unpaired) electrons. The second-order valence-corrected chi connectivity index (χ2v) is 6.27. The molecule has 1 aromatic rings. The lowest BCUT2D eigenvalue weighted by atomic mass is 9.99. The van der Waals surface area contributed by atoms with E-state index < -0.39 is 5.92 Å². The third-order valence-corrected chi connectivity index (χ3v) is 4.02. The summed E-state index contributed by atoms with van der Waals surface area (Å²) in [4.78, 5) is 35.8. The quantitative estimate of drug-likeness (QED) is 0.681. The number of allylic oxidation sites excluding steroid dienone is 1. The molecule has 1 aliphatic heterocycles. The minimum absolute atomic E-state index is 0.0662. The lowest BCUT2D eigenvalue weighted by Gasteiger charge is -2.16. The van der Waals surface area contributed by atoms with Crippen LogP contribution in [0.2, 0.25) is 5.02 Å². The molecule has 1 aliphatic rings. The standard InChI is InChI=1S/C18H22ClN3O4/c19-15-5-3-13(4-6-15)11-22-16(23)10-14-2-1-7-20-12-17(24)26-9-8-21-18(14)25/h1,3-7,14,20H,2,8-12H2,(H,21,25)(H,22,23)/b7-1+. The Bertz CT molecular complexity index is 661. The Balaban J connectivity index is 1.87. The van der Waals surface area contributed by atoms with Gasteiger partial charge in [0.25, 0.3) is 0 Å². The fraction of sp³-hybridized carbons (Fsp3) is 0.389. The minimum Gasteiger partial charge on any atom is -0.463 e. The first-order chi connectivity index (χ1) is 12.5. The van der Waals surface area contributed by atoms with E-state index in [-0.39, 0.29) is 43.9 Å². The number of halogens is 1. The van der Waals surface area contributed by atoms with Crippen molar-refractivity contribution in [3.63, 3.8) is 0 Å². The van der Waals surface area contributed by atoms with Crippen LogP contribution in [0.3, 0.4) is 0 Å². The zero-order valence-electron chi connectivity index (χ0n) is 14.3. The number of hydrogen-bond donors (Lipinski definition) is 3. The topological polar surface area (TPSA) is 96.5 Å². The summed E-state index contributed by atoms with van der Waals surface area (Å²) in [6.45, 7) is 0.761. The number of rotatable bonds is 4. The van der Waals surface area contributed by atoms with E-state index in [0.717, 1.165) is 5.56 Å². The lowest BCUT2D eigenvalue weighted by Crippen LogP contribution is -2.37. The molecule has 0 fully saturated rings. The predicted molar refractivity (Wildman–Crippen MR) is 97.1 cm³/mol. The van der Waals surface area contributed by atoms with Crippen molar-refractivity contribution in [3.8, 4) is 0 Å². The monoisotopic (exact) mass is 379 g/mol. The summed E-state index contributed by atoms with van der Waals surface area (Å²) in [5.41, 5.74) is 0.928. The van der Waals surface area contributed by atoms with Gasteiger partial charge in [0.2, 0.25) is 11.8 Å². The van der Waals surface area contributed by atoms with Gasteiger partial charge in [0.15, 0.2) is 0 Å². The van der Waals surface area contributed by atoms with Gasteiger partial charge in [-0.2, -0.15) is 0 Å². The van der Waals surface area contributed by atoms with Gasteiger partial charge < -0.3 is 20.7 Å². The molecule has 0 aliphatic carbocycles. The Morgan fingerprint density at radius 3 is 2.81 bits per heavy atom. The molecule has 2 amide bonds. The number of benzene rings is 1. The molecule has 0 saturated carbocycles. The van der Waals surface area contributed by atoms with Crippen molar-refractivity contribution in [1.29, 1.82) is 0 Å². The number of esters is 1. The molecule has 1 aromatic carbocycles. The zero-order chi connectivity index (χ0) is 18.8. The molecule has 8 heteroatoms. The highest BCUT2D eigenvalue weighted by Gasteiger charge is 2.21. The number of cyclic esters (lactones) is 1. The highest BCUT2D eigenvalue weighted by atomic mass is 35.5. The number of nitrogens with one attached hydrogen (secondary N) is 3. The van der Waals surface area contributed by atoms with Crippen LogP contribution in [0.15, 0.2) is 36.5 Å². The second-order valence-electron chi connectivity index (χ2n) is 5.83. The van der Waals surface area contributed by atoms with Crippen molar-refractivity contribution < 1.29 is 19.1 Å². The average Bonchev–Trinajstić information content (AvgIpc) is 2.62. The van der Waals surface area contributed by atoms with Gasteiger partial charge in [0, 0.05) is 18.0 Å². The Morgan fingerprint density at radius 1 is 1.27 bits per heavy atom. The van der Waals surface area contributed by atoms with Crippen LogP contribution in [0.5, 0.6) is 0 Å². The molecule has 1 atom stereocenters. The molecule has 7 nitrogen and oxygen atoms in total. The summed E-state index contributed by atoms with van der Waals surface area (Å²) in [5.74, 6) is -1.33. The molecule has 140 valence electrons. The van der Waals surface area contributed by atoms with E-state index in [1.165, 1.54) is 0 Å².